The lowest BCUT2D eigenvalue weighted by molar-refractivity contribution is 0.0643. The van der Waals surface area contributed by atoms with Gasteiger partial charge in [-0.3, -0.25) is 11.3 Å². The lowest BCUT2D eigenvalue weighted by Gasteiger charge is -2.26. The van der Waals surface area contributed by atoms with E-state index in [1.807, 2.05) is 19.1 Å². The number of rotatable bonds is 6. The quantitative estimate of drug-likeness (QED) is 0.587. The largest absolute Gasteiger partial charge is 0.496 e. The highest BCUT2D eigenvalue weighted by atomic mass is 16.5. The maximum Gasteiger partial charge on any atom is 0.123 e. The van der Waals surface area contributed by atoms with Gasteiger partial charge in [-0.1, -0.05) is 24.6 Å². The molecule has 4 heteroatoms. The Labute approximate surface area is 103 Å². The van der Waals surface area contributed by atoms with Crippen LogP contribution in [-0.4, -0.2) is 20.3 Å². The molecule has 0 aliphatic heterocycles. The summed E-state index contributed by atoms with van der Waals surface area (Å²) in [5.74, 6) is 6.47. The molecule has 3 N–H and O–H groups in total. The number of aryl methyl sites for hydroxylation is 1. The molecule has 1 rings (SSSR count). The first kappa shape index (κ1) is 14.0. The van der Waals surface area contributed by atoms with E-state index >= 15 is 0 Å². The Bertz CT molecular complexity index is 351. The number of ether oxygens (including phenoxy) is 2. The molecule has 0 aromatic heterocycles. The highest BCUT2D eigenvalue weighted by Crippen LogP contribution is 2.29. The van der Waals surface area contributed by atoms with Crippen molar-refractivity contribution in [3.05, 3.63) is 29.3 Å². The molecule has 0 saturated heterocycles. The zero-order chi connectivity index (χ0) is 12.8. The molecule has 0 spiro atoms. The van der Waals surface area contributed by atoms with Crippen LogP contribution in [0.15, 0.2) is 18.2 Å². The summed E-state index contributed by atoms with van der Waals surface area (Å²) in [6, 6.07) is 5.98. The van der Waals surface area contributed by atoms with Gasteiger partial charge in [-0.25, -0.2) is 0 Å². The van der Waals surface area contributed by atoms with Gasteiger partial charge in [-0.15, -0.1) is 0 Å². The molecule has 0 aliphatic carbocycles. The summed E-state index contributed by atoms with van der Waals surface area (Å²) in [7, 11) is 3.36. The van der Waals surface area contributed by atoms with Crippen molar-refractivity contribution in [2.75, 3.05) is 14.2 Å². The minimum absolute atomic E-state index is 0.0238. The average Bonchev–Trinajstić information content (AvgIpc) is 2.35. The molecule has 0 bridgehead atoms. The van der Waals surface area contributed by atoms with E-state index in [1.165, 1.54) is 5.56 Å². The van der Waals surface area contributed by atoms with Crippen molar-refractivity contribution >= 4 is 0 Å². The Balaban J connectivity index is 3.13. The molecular formula is C13H22N2O2. The van der Waals surface area contributed by atoms with Crippen LogP contribution in [-0.2, 0) is 4.74 Å². The van der Waals surface area contributed by atoms with E-state index in [0.717, 1.165) is 17.7 Å². The van der Waals surface area contributed by atoms with Gasteiger partial charge in [-0.05, 0) is 19.4 Å². The monoisotopic (exact) mass is 238 g/mol. The van der Waals surface area contributed by atoms with Crippen molar-refractivity contribution in [2.45, 2.75) is 32.4 Å². The summed E-state index contributed by atoms with van der Waals surface area (Å²) < 4.78 is 10.8. The van der Waals surface area contributed by atoms with Crippen LogP contribution >= 0.6 is 0 Å². The Hall–Kier alpha value is -1.10. The molecule has 4 nitrogen and oxygen atoms in total. The second-order valence-corrected chi connectivity index (χ2v) is 4.07. The smallest absolute Gasteiger partial charge is 0.123 e. The third-order valence-electron chi connectivity index (χ3n) is 2.98. The predicted molar refractivity (Wildman–Crippen MR) is 68.9 cm³/mol. The van der Waals surface area contributed by atoms with Crippen LogP contribution in [0.5, 0.6) is 5.75 Å². The topological polar surface area (TPSA) is 56.5 Å². The normalized spacial score (nSPS) is 14.4. The summed E-state index contributed by atoms with van der Waals surface area (Å²) in [5.41, 5.74) is 5.02. The number of hydrogen-bond donors (Lipinski definition) is 2. The number of hydrogen-bond acceptors (Lipinski definition) is 4. The molecule has 0 fully saturated rings. The number of nitrogens with two attached hydrogens (primary N) is 1. The van der Waals surface area contributed by atoms with Gasteiger partial charge in [0, 0.05) is 12.7 Å². The molecule has 1 aromatic rings. The minimum atomic E-state index is -0.0696. The molecule has 0 amide bonds. The minimum Gasteiger partial charge on any atom is -0.496 e. The number of methoxy groups -OCH3 is 2. The van der Waals surface area contributed by atoms with E-state index in [9.17, 15) is 0 Å². The van der Waals surface area contributed by atoms with E-state index in [-0.39, 0.29) is 12.1 Å². The van der Waals surface area contributed by atoms with E-state index in [2.05, 4.69) is 18.4 Å². The SMILES string of the molecule is CCC(OC)C(NN)c1cc(C)ccc1OC. The van der Waals surface area contributed by atoms with Gasteiger partial charge in [0.15, 0.2) is 0 Å². The lowest BCUT2D eigenvalue weighted by Crippen LogP contribution is -2.37. The zero-order valence-electron chi connectivity index (χ0n) is 11.0. The summed E-state index contributed by atoms with van der Waals surface area (Å²) in [6.45, 7) is 4.12. The lowest BCUT2D eigenvalue weighted by atomic mass is 9.97. The van der Waals surface area contributed by atoms with Gasteiger partial charge in [0.1, 0.15) is 5.75 Å². The molecule has 0 saturated carbocycles. The Morgan fingerprint density at radius 3 is 2.53 bits per heavy atom. The van der Waals surface area contributed by atoms with Crippen molar-refractivity contribution in [1.29, 1.82) is 0 Å². The van der Waals surface area contributed by atoms with Gasteiger partial charge in [0.05, 0.1) is 19.3 Å². The van der Waals surface area contributed by atoms with E-state index in [0.29, 0.717) is 0 Å². The standard InChI is InChI=1S/C13H22N2O2/c1-5-11(16-3)13(15-14)10-8-9(2)6-7-12(10)17-4/h6-8,11,13,15H,5,14H2,1-4H3. The van der Waals surface area contributed by atoms with Crippen LogP contribution in [0.4, 0.5) is 0 Å². The number of hydrazine groups is 1. The van der Waals surface area contributed by atoms with Crippen LogP contribution in [0.3, 0.4) is 0 Å². The summed E-state index contributed by atoms with van der Waals surface area (Å²) in [5, 5.41) is 0. The number of benzene rings is 1. The van der Waals surface area contributed by atoms with Crippen LogP contribution in [0.2, 0.25) is 0 Å². The maximum atomic E-state index is 5.64. The van der Waals surface area contributed by atoms with Crippen LogP contribution < -0.4 is 16.0 Å². The third-order valence-corrected chi connectivity index (χ3v) is 2.98. The molecule has 0 heterocycles. The van der Waals surface area contributed by atoms with Gasteiger partial charge >= 0.3 is 0 Å². The van der Waals surface area contributed by atoms with Crippen molar-refractivity contribution in [3.63, 3.8) is 0 Å². The Morgan fingerprint density at radius 2 is 2.06 bits per heavy atom. The number of nitrogens with one attached hydrogen (secondary N) is 1. The van der Waals surface area contributed by atoms with Crippen LogP contribution in [0, 0.1) is 6.92 Å². The molecule has 2 unspecified atom stereocenters. The van der Waals surface area contributed by atoms with Gasteiger partial charge in [0.2, 0.25) is 0 Å². The van der Waals surface area contributed by atoms with Crippen molar-refractivity contribution in [3.8, 4) is 5.75 Å². The molecule has 1 aromatic carbocycles. The van der Waals surface area contributed by atoms with Crippen LogP contribution in [0.25, 0.3) is 0 Å². The van der Waals surface area contributed by atoms with Crippen LogP contribution in [0.1, 0.15) is 30.5 Å². The van der Waals surface area contributed by atoms with Crippen molar-refractivity contribution < 1.29 is 9.47 Å². The molecular weight excluding hydrogens is 216 g/mol. The summed E-state index contributed by atoms with van der Waals surface area (Å²) in [6.07, 6.45) is 0.901. The van der Waals surface area contributed by atoms with Gasteiger partial charge in [0.25, 0.3) is 0 Å². The molecule has 0 aliphatic rings. The second-order valence-electron chi connectivity index (χ2n) is 4.07. The molecule has 0 radical (unpaired) electrons. The predicted octanol–water partition coefficient (Wildman–Crippen LogP) is 1.93. The summed E-state index contributed by atoms with van der Waals surface area (Å²) in [4.78, 5) is 0. The van der Waals surface area contributed by atoms with Gasteiger partial charge in [-0.2, -0.15) is 0 Å². The first-order valence-corrected chi connectivity index (χ1v) is 5.81. The van der Waals surface area contributed by atoms with Gasteiger partial charge < -0.3 is 9.47 Å². The Kier molecular flexibility index (Phi) is 5.41. The van der Waals surface area contributed by atoms with E-state index in [4.69, 9.17) is 15.3 Å². The third kappa shape index (κ3) is 3.19. The highest BCUT2D eigenvalue weighted by Gasteiger charge is 2.23. The fourth-order valence-electron chi connectivity index (χ4n) is 2.03. The maximum absolute atomic E-state index is 5.64. The molecule has 2 atom stereocenters. The average molecular weight is 238 g/mol. The Morgan fingerprint density at radius 1 is 1.35 bits per heavy atom. The highest BCUT2D eigenvalue weighted by molar-refractivity contribution is 5.39. The van der Waals surface area contributed by atoms with E-state index < -0.39 is 0 Å². The second kappa shape index (κ2) is 6.59. The first-order valence-electron chi connectivity index (χ1n) is 5.81. The summed E-state index contributed by atoms with van der Waals surface area (Å²) >= 11 is 0. The first-order chi connectivity index (χ1) is 8.17. The van der Waals surface area contributed by atoms with E-state index in [1.54, 1.807) is 14.2 Å². The zero-order valence-corrected chi connectivity index (χ0v) is 11.0. The molecule has 96 valence electrons. The molecule has 17 heavy (non-hydrogen) atoms. The van der Waals surface area contributed by atoms with Crippen molar-refractivity contribution in [1.82, 2.24) is 5.43 Å². The van der Waals surface area contributed by atoms with Crippen molar-refractivity contribution in [2.24, 2.45) is 5.84 Å². The fourth-order valence-corrected chi connectivity index (χ4v) is 2.03. The fraction of sp³-hybridized carbons (Fsp3) is 0.538.